The zero-order chi connectivity index (χ0) is 24.1. The Morgan fingerprint density at radius 3 is 2.79 bits per heavy atom. The number of aromatic nitrogens is 3. The quantitative estimate of drug-likeness (QED) is 0.539. The summed E-state index contributed by atoms with van der Waals surface area (Å²) in [5.41, 5.74) is 7.88. The molecule has 2 fully saturated rings. The van der Waals surface area contributed by atoms with Crippen LogP contribution in [0.4, 0.5) is 11.5 Å². The van der Waals surface area contributed by atoms with E-state index in [2.05, 4.69) is 31.1 Å². The Bertz CT molecular complexity index is 1090. The van der Waals surface area contributed by atoms with E-state index in [9.17, 15) is 9.59 Å². The predicted molar refractivity (Wildman–Crippen MR) is 127 cm³/mol. The van der Waals surface area contributed by atoms with Crippen LogP contribution in [-0.2, 0) is 9.53 Å². The summed E-state index contributed by atoms with van der Waals surface area (Å²) in [5.74, 6) is 0.890. The van der Waals surface area contributed by atoms with Crippen LogP contribution in [0.15, 0.2) is 29.3 Å². The van der Waals surface area contributed by atoms with Crippen LogP contribution in [-0.4, -0.2) is 84.0 Å². The third-order valence-corrected chi connectivity index (χ3v) is 6.44. The van der Waals surface area contributed by atoms with E-state index in [1.165, 1.54) is 0 Å². The summed E-state index contributed by atoms with van der Waals surface area (Å²) in [6, 6.07) is 5.69. The maximum Gasteiger partial charge on any atom is 0.269 e. The Balaban J connectivity index is 1.21. The van der Waals surface area contributed by atoms with Crippen LogP contribution in [0.25, 0.3) is 0 Å². The average Bonchev–Trinajstić information content (AvgIpc) is 3.23. The number of nitrogens with zero attached hydrogens (tertiary/aromatic N) is 6. The molecule has 0 spiro atoms. The van der Waals surface area contributed by atoms with Gasteiger partial charge in [-0.15, -0.1) is 0 Å². The summed E-state index contributed by atoms with van der Waals surface area (Å²) in [6.45, 7) is 5.83. The first-order valence-electron chi connectivity index (χ1n) is 11.5. The van der Waals surface area contributed by atoms with E-state index in [-0.39, 0.29) is 23.6 Å². The van der Waals surface area contributed by atoms with Crippen molar-refractivity contribution in [3.8, 4) is 6.07 Å². The maximum absolute atomic E-state index is 12.6. The Kier molecular flexibility index (Phi) is 7.40. The number of carbonyl (C=O) groups is 1. The van der Waals surface area contributed by atoms with Gasteiger partial charge in [0.15, 0.2) is 0 Å². The zero-order valence-electron chi connectivity index (χ0n) is 19.3. The minimum absolute atomic E-state index is 0.00388. The van der Waals surface area contributed by atoms with Gasteiger partial charge in [-0.3, -0.25) is 9.59 Å². The monoisotopic (exact) mass is 466 g/mol. The van der Waals surface area contributed by atoms with Gasteiger partial charge < -0.3 is 25.2 Å². The highest BCUT2D eigenvalue weighted by molar-refractivity contribution is 5.76. The molecule has 0 bridgehead atoms. The van der Waals surface area contributed by atoms with Gasteiger partial charge >= 0.3 is 0 Å². The van der Waals surface area contributed by atoms with Crippen LogP contribution in [0.2, 0.25) is 0 Å². The number of H-pyrrole nitrogens is 1. The molecule has 4 rings (SSSR count). The molecule has 2 atom stereocenters. The highest BCUT2D eigenvalue weighted by atomic mass is 16.5. The van der Waals surface area contributed by atoms with Crippen LogP contribution in [0, 0.1) is 18.3 Å². The Hall–Kier alpha value is -3.49. The van der Waals surface area contributed by atoms with E-state index in [4.69, 9.17) is 15.7 Å². The van der Waals surface area contributed by atoms with Crippen molar-refractivity contribution >= 4 is 17.4 Å². The van der Waals surface area contributed by atoms with E-state index >= 15 is 0 Å². The van der Waals surface area contributed by atoms with Crippen molar-refractivity contribution in [1.29, 1.82) is 5.26 Å². The number of rotatable bonds is 7. The predicted octanol–water partition coefficient (Wildman–Crippen LogP) is 0.00650. The van der Waals surface area contributed by atoms with Gasteiger partial charge in [-0.2, -0.15) is 10.4 Å². The van der Waals surface area contributed by atoms with E-state index in [0.717, 1.165) is 17.9 Å². The van der Waals surface area contributed by atoms with Crippen LogP contribution < -0.4 is 21.1 Å². The first kappa shape index (κ1) is 23.7. The molecule has 0 saturated carbocycles. The lowest BCUT2D eigenvalue weighted by molar-refractivity contribution is -0.132. The van der Waals surface area contributed by atoms with Gasteiger partial charge in [-0.05, 0) is 25.5 Å². The fourth-order valence-corrected chi connectivity index (χ4v) is 4.51. The third kappa shape index (κ3) is 5.35. The molecule has 4 heterocycles. The van der Waals surface area contributed by atoms with Gasteiger partial charge in [0.25, 0.3) is 5.56 Å². The topological polar surface area (TPSA) is 144 Å². The number of nitriles is 1. The minimum Gasteiger partial charge on any atom is -0.379 e. The smallest absolute Gasteiger partial charge is 0.269 e. The molecule has 0 aromatic carbocycles. The summed E-state index contributed by atoms with van der Waals surface area (Å²) in [4.78, 5) is 35.0. The molecule has 2 saturated heterocycles. The van der Waals surface area contributed by atoms with Gasteiger partial charge in [0.1, 0.15) is 11.9 Å². The maximum atomic E-state index is 12.6. The number of nitrogens with one attached hydrogen (secondary N) is 1. The van der Waals surface area contributed by atoms with Gasteiger partial charge in [-0.25, -0.2) is 10.1 Å². The van der Waals surface area contributed by atoms with Gasteiger partial charge in [-0.1, -0.05) is 0 Å². The van der Waals surface area contributed by atoms with E-state index in [0.29, 0.717) is 63.5 Å². The molecule has 2 aromatic heterocycles. The number of anilines is 2. The second-order valence-corrected chi connectivity index (χ2v) is 8.72. The summed E-state index contributed by atoms with van der Waals surface area (Å²) in [5, 5.41) is 15.3. The minimum atomic E-state index is -0.210. The number of amides is 1. The number of aromatic amines is 1. The molecule has 0 radical (unpaired) electrons. The number of hydrogen-bond acceptors (Lipinski definition) is 9. The first-order chi connectivity index (χ1) is 16.5. The SMILES string of the molecule is Cc1c(N2C[C@H](N)C[C@H]2COCCC(=O)N2CCN(c3ccc(C#N)cn3)CC2)cn[nH]c1=O. The summed E-state index contributed by atoms with van der Waals surface area (Å²) < 4.78 is 5.86. The van der Waals surface area contributed by atoms with Crippen molar-refractivity contribution in [2.45, 2.75) is 31.8 Å². The highest BCUT2D eigenvalue weighted by Gasteiger charge is 2.32. The molecule has 2 aliphatic rings. The van der Waals surface area contributed by atoms with Gasteiger partial charge in [0.2, 0.25) is 5.91 Å². The second kappa shape index (κ2) is 10.6. The number of ether oxygens (including phenoxy) is 1. The molecule has 11 heteroatoms. The van der Waals surface area contributed by atoms with Crippen molar-refractivity contribution in [1.82, 2.24) is 20.1 Å². The molecule has 2 aromatic rings. The lowest BCUT2D eigenvalue weighted by atomic mass is 10.2. The molecular weight excluding hydrogens is 436 g/mol. The molecule has 0 unspecified atom stereocenters. The molecule has 2 aliphatic heterocycles. The van der Waals surface area contributed by atoms with Crippen LogP contribution in [0.1, 0.15) is 24.0 Å². The fourth-order valence-electron chi connectivity index (χ4n) is 4.51. The average molecular weight is 467 g/mol. The van der Waals surface area contributed by atoms with Crippen molar-refractivity contribution in [2.75, 3.05) is 55.7 Å². The van der Waals surface area contributed by atoms with Crippen molar-refractivity contribution in [2.24, 2.45) is 5.73 Å². The molecule has 180 valence electrons. The summed E-state index contributed by atoms with van der Waals surface area (Å²) >= 11 is 0. The largest absolute Gasteiger partial charge is 0.379 e. The normalized spacial score (nSPS) is 20.4. The number of hydrogen-bond donors (Lipinski definition) is 2. The van der Waals surface area contributed by atoms with Crippen molar-refractivity contribution in [3.05, 3.63) is 46.0 Å². The summed E-state index contributed by atoms with van der Waals surface area (Å²) in [7, 11) is 0. The molecule has 34 heavy (non-hydrogen) atoms. The van der Waals surface area contributed by atoms with Crippen LogP contribution in [0.5, 0.6) is 0 Å². The van der Waals surface area contributed by atoms with Crippen molar-refractivity contribution in [3.63, 3.8) is 0 Å². The Labute approximate surface area is 198 Å². The second-order valence-electron chi connectivity index (χ2n) is 8.72. The highest BCUT2D eigenvalue weighted by Crippen LogP contribution is 2.26. The third-order valence-electron chi connectivity index (χ3n) is 6.44. The lowest BCUT2D eigenvalue weighted by Crippen LogP contribution is -2.49. The van der Waals surface area contributed by atoms with Crippen LogP contribution in [0.3, 0.4) is 0 Å². The number of piperazine rings is 1. The Morgan fingerprint density at radius 2 is 2.09 bits per heavy atom. The molecule has 1 amide bonds. The van der Waals surface area contributed by atoms with E-state index < -0.39 is 0 Å². The molecule has 3 N–H and O–H groups in total. The molecule has 0 aliphatic carbocycles. The number of nitrogens with two attached hydrogens (primary N) is 1. The van der Waals surface area contributed by atoms with Gasteiger partial charge in [0, 0.05) is 50.5 Å². The lowest BCUT2D eigenvalue weighted by Gasteiger charge is -2.35. The standard InChI is InChI=1S/C23H30N8O3/c1-16-20(13-27-28-23(16)33)31-14-18(25)10-19(31)15-34-9-4-22(32)30-7-5-29(6-8-30)21-3-2-17(11-24)12-26-21/h2-3,12-13,18-19H,4-10,14-15,25H2,1H3,(H,28,33)/t18-,19+/m1/s1. The summed E-state index contributed by atoms with van der Waals surface area (Å²) in [6.07, 6.45) is 4.29. The van der Waals surface area contributed by atoms with E-state index in [1.807, 2.05) is 11.0 Å². The van der Waals surface area contributed by atoms with Crippen LogP contribution >= 0.6 is 0 Å². The molecule has 11 nitrogen and oxygen atoms in total. The Morgan fingerprint density at radius 1 is 1.29 bits per heavy atom. The zero-order valence-corrected chi connectivity index (χ0v) is 19.3. The number of pyridine rings is 1. The first-order valence-corrected chi connectivity index (χ1v) is 11.5. The van der Waals surface area contributed by atoms with Gasteiger partial charge in [0.05, 0.1) is 43.1 Å². The molecular formula is C23H30N8O3. The fraction of sp³-hybridized carbons (Fsp3) is 0.522. The number of carbonyl (C=O) groups excluding carboxylic acids is 1. The van der Waals surface area contributed by atoms with E-state index in [1.54, 1.807) is 25.4 Å². The van der Waals surface area contributed by atoms with Crippen molar-refractivity contribution < 1.29 is 9.53 Å².